The third-order valence-corrected chi connectivity index (χ3v) is 15.9. The van der Waals surface area contributed by atoms with Gasteiger partial charge < -0.3 is 33.8 Å². The molecule has 0 fully saturated rings. The van der Waals surface area contributed by atoms with Crippen LogP contribution in [0.15, 0.2) is 0 Å². The zero-order valence-corrected chi connectivity index (χ0v) is 52.6. The first-order chi connectivity index (χ1) is 37.8. The molecule has 468 valence electrons. The summed E-state index contributed by atoms with van der Waals surface area (Å²) in [4.78, 5) is 71.9. The molecule has 0 rings (SSSR count). The molecule has 0 aliphatic heterocycles. The second-order valence-corrected chi connectivity index (χ2v) is 25.8. The fourth-order valence-electron chi connectivity index (χ4n) is 8.74. The summed E-state index contributed by atoms with van der Waals surface area (Å²) in [6.45, 7) is 11.6. The third kappa shape index (κ3) is 53.8. The van der Waals surface area contributed by atoms with E-state index in [1.165, 1.54) is 89.9 Å². The predicted molar refractivity (Wildman–Crippen MR) is 312 cm³/mol. The molecule has 19 heteroatoms. The van der Waals surface area contributed by atoms with Gasteiger partial charge in [0, 0.05) is 25.7 Å². The number of esters is 4. The van der Waals surface area contributed by atoms with E-state index in [1.54, 1.807) is 0 Å². The van der Waals surface area contributed by atoms with Crippen LogP contribution in [-0.2, 0) is 65.4 Å². The lowest BCUT2D eigenvalue weighted by Crippen LogP contribution is -2.30. The Morgan fingerprint density at radius 3 is 0.962 bits per heavy atom. The number of hydrogen-bond donors (Lipinski definition) is 3. The summed E-state index contributed by atoms with van der Waals surface area (Å²) >= 11 is 0. The van der Waals surface area contributed by atoms with E-state index >= 15 is 0 Å². The molecule has 0 saturated heterocycles. The molecule has 0 aromatic heterocycles. The van der Waals surface area contributed by atoms with Gasteiger partial charge in [-0.25, -0.2) is 9.13 Å². The van der Waals surface area contributed by atoms with Crippen LogP contribution in [0.1, 0.15) is 286 Å². The minimum Gasteiger partial charge on any atom is -0.462 e. The highest BCUT2D eigenvalue weighted by molar-refractivity contribution is 7.47. The maximum atomic E-state index is 12.9. The molecule has 0 radical (unpaired) electrons. The molecule has 0 heterocycles. The van der Waals surface area contributed by atoms with Gasteiger partial charge in [0.25, 0.3) is 0 Å². The van der Waals surface area contributed by atoms with E-state index in [1.807, 2.05) is 0 Å². The van der Waals surface area contributed by atoms with Crippen molar-refractivity contribution in [1.82, 2.24) is 0 Å². The van der Waals surface area contributed by atoms with Crippen molar-refractivity contribution in [2.75, 3.05) is 39.6 Å². The quantitative estimate of drug-likeness (QED) is 0.0222. The van der Waals surface area contributed by atoms with E-state index in [0.29, 0.717) is 31.6 Å². The van der Waals surface area contributed by atoms with Gasteiger partial charge in [-0.05, 0) is 43.4 Å². The van der Waals surface area contributed by atoms with Crippen molar-refractivity contribution < 1.29 is 80.2 Å². The highest BCUT2D eigenvalue weighted by atomic mass is 31.2. The number of ether oxygens (including phenoxy) is 4. The molecule has 0 aromatic rings. The number of aliphatic hydroxyl groups is 1. The summed E-state index contributed by atoms with van der Waals surface area (Å²) in [5.74, 6) is -0.0301. The topological polar surface area (TPSA) is 237 Å². The lowest BCUT2D eigenvalue weighted by Gasteiger charge is -2.21. The highest BCUT2D eigenvalue weighted by Crippen LogP contribution is 2.45. The fourth-order valence-corrected chi connectivity index (χ4v) is 10.3. The molecule has 0 saturated carbocycles. The van der Waals surface area contributed by atoms with Crippen molar-refractivity contribution >= 4 is 39.5 Å². The average molecular weight is 1170 g/mol. The number of phosphoric ester groups is 2. The van der Waals surface area contributed by atoms with Gasteiger partial charge in [0.15, 0.2) is 12.2 Å². The van der Waals surface area contributed by atoms with Gasteiger partial charge in [0.05, 0.1) is 26.4 Å². The Morgan fingerprint density at radius 1 is 0.367 bits per heavy atom. The van der Waals surface area contributed by atoms with Crippen molar-refractivity contribution in [2.24, 2.45) is 17.8 Å². The molecular formula is C60H116O17P2. The second kappa shape index (κ2) is 51.7. The van der Waals surface area contributed by atoms with Crippen LogP contribution >= 0.6 is 15.6 Å². The first kappa shape index (κ1) is 77.1. The third-order valence-electron chi connectivity index (χ3n) is 14.0. The van der Waals surface area contributed by atoms with Crippen LogP contribution in [-0.4, -0.2) is 96.7 Å². The van der Waals surface area contributed by atoms with Gasteiger partial charge in [0.2, 0.25) is 0 Å². The largest absolute Gasteiger partial charge is 0.472 e. The molecular weight excluding hydrogens is 1050 g/mol. The van der Waals surface area contributed by atoms with Crippen LogP contribution in [0, 0.1) is 17.8 Å². The number of hydrogen-bond acceptors (Lipinski definition) is 15. The van der Waals surface area contributed by atoms with E-state index in [0.717, 1.165) is 108 Å². The van der Waals surface area contributed by atoms with E-state index < -0.39 is 97.5 Å². The average Bonchev–Trinajstić information content (AvgIpc) is 3.40. The highest BCUT2D eigenvalue weighted by Gasteiger charge is 2.30. The second-order valence-electron chi connectivity index (χ2n) is 22.9. The Balaban J connectivity index is 5.24. The first-order valence-electron chi connectivity index (χ1n) is 31.4. The van der Waals surface area contributed by atoms with Crippen molar-refractivity contribution in [2.45, 2.75) is 304 Å². The minimum absolute atomic E-state index is 0.101. The SMILES string of the molecule is CCCCCCCCCCCC(=O)OC[C@H](COP(=O)(O)OC[C@H](O)COP(=O)(O)OC[C@@H](COC(=O)CCCCCCCCC(C)CC)OC(=O)CCCCCCCCCCC(C)C)OC(=O)CCCCCCCCC(C)C. The normalized spacial score (nSPS) is 14.8. The van der Waals surface area contributed by atoms with Crippen LogP contribution in [0.5, 0.6) is 0 Å². The van der Waals surface area contributed by atoms with Gasteiger partial charge in [-0.15, -0.1) is 0 Å². The van der Waals surface area contributed by atoms with Crippen LogP contribution in [0.4, 0.5) is 0 Å². The zero-order valence-electron chi connectivity index (χ0n) is 50.8. The summed E-state index contributed by atoms with van der Waals surface area (Å²) in [5.41, 5.74) is 0. The van der Waals surface area contributed by atoms with E-state index in [9.17, 15) is 43.2 Å². The van der Waals surface area contributed by atoms with Crippen molar-refractivity contribution in [3.05, 3.63) is 0 Å². The molecule has 0 amide bonds. The van der Waals surface area contributed by atoms with Gasteiger partial charge in [-0.3, -0.25) is 37.3 Å². The van der Waals surface area contributed by atoms with Crippen molar-refractivity contribution in [3.63, 3.8) is 0 Å². The summed E-state index contributed by atoms with van der Waals surface area (Å²) in [6, 6.07) is 0. The molecule has 3 unspecified atom stereocenters. The lowest BCUT2D eigenvalue weighted by molar-refractivity contribution is -0.161. The Labute approximate surface area is 479 Å². The van der Waals surface area contributed by atoms with E-state index in [-0.39, 0.29) is 25.7 Å². The standard InChI is InChI=1S/C60H116O17P2/c1-8-10-11-12-13-14-18-27-34-41-57(62)70-47-56(77-60(65)44-37-30-22-20-25-32-39-52(5)6)50-75-79(68,69)73-46-54(61)45-72-78(66,67)74-49-55(48-71-58(63)42-35-28-23-21-26-33-40-53(7)9-2)76-59(64)43-36-29-19-16-15-17-24-31-38-51(3)4/h51-56,61H,8-50H2,1-7H3,(H,66,67)(H,68,69)/t53?,54-,55-,56-/m1/s1. The summed E-state index contributed by atoms with van der Waals surface area (Å²) in [5, 5.41) is 10.5. The molecule has 0 aliphatic carbocycles. The maximum Gasteiger partial charge on any atom is 0.472 e. The van der Waals surface area contributed by atoms with Gasteiger partial charge in [-0.1, -0.05) is 235 Å². The maximum absolute atomic E-state index is 12.9. The lowest BCUT2D eigenvalue weighted by atomic mass is 10.00. The van der Waals surface area contributed by atoms with E-state index in [2.05, 4.69) is 48.5 Å². The van der Waals surface area contributed by atoms with Crippen LogP contribution in [0.2, 0.25) is 0 Å². The molecule has 17 nitrogen and oxygen atoms in total. The summed E-state index contributed by atoms with van der Waals surface area (Å²) in [6.07, 6.45) is 31.0. The first-order valence-corrected chi connectivity index (χ1v) is 34.4. The number of phosphoric acid groups is 2. The number of aliphatic hydroxyl groups excluding tert-OH is 1. The molecule has 0 aromatic carbocycles. The van der Waals surface area contributed by atoms with Gasteiger partial charge >= 0.3 is 39.5 Å². The number of unbranched alkanes of at least 4 members (excludes halogenated alkanes) is 25. The molecule has 79 heavy (non-hydrogen) atoms. The van der Waals surface area contributed by atoms with E-state index in [4.69, 9.17) is 37.0 Å². The number of rotatable bonds is 58. The fraction of sp³-hybridized carbons (Fsp3) is 0.933. The minimum atomic E-state index is -4.94. The summed E-state index contributed by atoms with van der Waals surface area (Å²) < 4.78 is 67.7. The Morgan fingerprint density at radius 2 is 0.646 bits per heavy atom. The molecule has 0 bridgehead atoms. The monoisotopic (exact) mass is 1170 g/mol. The smallest absolute Gasteiger partial charge is 0.462 e. The predicted octanol–water partition coefficient (Wildman–Crippen LogP) is 15.9. The molecule has 0 spiro atoms. The number of carbonyl (C=O) groups excluding carboxylic acids is 4. The van der Waals surface area contributed by atoms with Crippen LogP contribution < -0.4 is 0 Å². The zero-order chi connectivity index (χ0) is 58.8. The Bertz CT molecular complexity index is 1580. The number of carbonyl (C=O) groups is 4. The van der Waals surface area contributed by atoms with Crippen LogP contribution in [0.3, 0.4) is 0 Å². The summed E-state index contributed by atoms with van der Waals surface area (Å²) in [7, 11) is -9.88. The Hall–Kier alpha value is -1.94. The molecule has 0 aliphatic rings. The molecule has 6 atom stereocenters. The Kier molecular flexibility index (Phi) is 50.4. The van der Waals surface area contributed by atoms with Crippen molar-refractivity contribution in [3.8, 4) is 0 Å². The van der Waals surface area contributed by atoms with Crippen molar-refractivity contribution in [1.29, 1.82) is 0 Å². The molecule has 3 N–H and O–H groups in total. The van der Waals surface area contributed by atoms with Crippen LogP contribution in [0.25, 0.3) is 0 Å². The van der Waals surface area contributed by atoms with Gasteiger partial charge in [-0.2, -0.15) is 0 Å². The van der Waals surface area contributed by atoms with Gasteiger partial charge in [0.1, 0.15) is 19.3 Å².